The van der Waals surface area contributed by atoms with Gasteiger partial charge in [-0.2, -0.15) is 0 Å². The lowest BCUT2D eigenvalue weighted by Crippen LogP contribution is -2.32. The van der Waals surface area contributed by atoms with E-state index in [-0.39, 0.29) is 10.7 Å². The summed E-state index contributed by atoms with van der Waals surface area (Å²) in [4.78, 5) is 26.6. The number of amides is 2. The van der Waals surface area contributed by atoms with Crippen molar-refractivity contribution in [3.63, 3.8) is 0 Å². The molecule has 0 atom stereocenters. The predicted octanol–water partition coefficient (Wildman–Crippen LogP) is 4.08. The molecule has 0 aromatic heterocycles. The lowest BCUT2D eigenvalue weighted by molar-refractivity contribution is -0.120. The van der Waals surface area contributed by atoms with E-state index in [0.717, 1.165) is 22.6 Å². The standard InChI is InChI=1S/C20H19ClN2O3/c1-3-13-9-5-6-10-14(13)22-18-17(21)19(24)23(20(18)25)15-11-7-8-12-16(15)26-4-2/h5-12,22H,3-4H2,1-2H3. The number of nitrogens with zero attached hydrogens (tertiary/aromatic N) is 1. The molecule has 2 aromatic rings. The highest BCUT2D eigenvalue weighted by atomic mass is 35.5. The summed E-state index contributed by atoms with van der Waals surface area (Å²) >= 11 is 6.21. The summed E-state index contributed by atoms with van der Waals surface area (Å²) < 4.78 is 5.54. The maximum atomic E-state index is 12.9. The van der Waals surface area contributed by atoms with Crippen molar-refractivity contribution in [2.45, 2.75) is 20.3 Å². The Balaban J connectivity index is 1.96. The first kappa shape index (κ1) is 18.0. The van der Waals surface area contributed by atoms with E-state index in [1.807, 2.05) is 38.1 Å². The number of imide groups is 1. The molecule has 0 spiro atoms. The minimum Gasteiger partial charge on any atom is -0.492 e. The Bertz CT molecular complexity index is 892. The van der Waals surface area contributed by atoms with Crippen LogP contribution in [-0.4, -0.2) is 18.4 Å². The molecule has 1 aliphatic heterocycles. The molecule has 0 unspecified atom stereocenters. The summed E-state index contributed by atoms with van der Waals surface area (Å²) in [6.07, 6.45) is 0.785. The third kappa shape index (κ3) is 3.18. The van der Waals surface area contributed by atoms with Crippen molar-refractivity contribution >= 4 is 34.8 Å². The molecule has 2 amide bonds. The van der Waals surface area contributed by atoms with E-state index >= 15 is 0 Å². The van der Waals surface area contributed by atoms with Crippen LogP contribution in [-0.2, 0) is 16.0 Å². The van der Waals surface area contributed by atoms with E-state index in [1.54, 1.807) is 24.3 Å². The molecule has 2 aromatic carbocycles. The van der Waals surface area contributed by atoms with Gasteiger partial charge in [0.2, 0.25) is 0 Å². The molecule has 1 N–H and O–H groups in total. The zero-order valence-electron chi connectivity index (χ0n) is 14.6. The Morgan fingerprint density at radius 1 is 1.00 bits per heavy atom. The second-order valence-electron chi connectivity index (χ2n) is 5.67. The average molecular weight is 371 g/mol. The number of rotatable bonds is 6. The van der Waals surface area contributed by atoms with Crippen molar-refractivity contribution in [3.05, 3.63) is 64.8 Å². The molecule has 1 heterocycles. The Morgan fingerprint density at radius 2 is 1.69 bits per heavy atom. The molecule has 0 fully saturated rings. The van der Waals surface area contributed by atoms with Crippen LogP contribution in [0.4, 0.5) is 11.4 Å². The van der Waals surface area contributed by atoms with Crippen molar-refractivity contribution in [2.75, 3.05) is 16.8 Å². The van der Waals surface area contributed by atoms with Gasteiger partial charge in [0.05, 0.1) is 12.3 Å². The zero-order chi connectivity index (χ0) is 18.7. The molecule has 0 bridgehead atoms. The first-order valence-electron chi connectivity index (χ1n) is 8.43. The minimum atomic E-state index is -0.569. The van der Waals surface area contributed by atoms with E-state index in [2.05, 4.69) is 5.32 Å². The van der Waals surface area contributed by atoms with Crippen molar-refractivity contribution in [3.8, 4) is 5.75 Å². The molecule has 6 heteroatoms. The maximum absolute atomic E-state index is 12.9. The molecule has 26 heavy (non-hydrogen) atoms. The largest absolute Gasteiger partial charge is 0.492 e. The summed E-state index contributed by atoms with van der Waals surface area (Å²) in [5, 5.41) is 2.90. The van der Waals surface area contributed by atoms with E-state index in [1.165, 1.54) is 0 Å². The van der Waals surface area contributed by atoms with Gasteiger partial charge in [-0.25, -0.2) is 4.90 Å². The number of carbonyl (C=O) groups excluding carboxylic acids is 2. The van der Waals surface area contributed by atoms with E-state index in [4.69, 9.17) is 16.3 Å². The molecule has 3 rings (SSSR count). The van der Waals surface area contributed by atoms with Gasteiger partial charge in [-0.05, 0) is 37.1 Å². The highest BCUT2D eigenvalue weighted by Gasteiger charge is 2.40. The summed E-state index contributed by atoms with van der Waals surface area (Å²) in [7, 11) is 0. The van der Waals surface area contributed by atoms with Gasteiger partial charge in [-0.1, -0.05) is 48.9 Å². The number of para-hydroxylation sites is 3. The molecule has 0 saturated carbocycles. The van der Waals surface area contributed by atoms with Crippen LogP contribution in [0.3, 0.4) is 0 Å². The zero-order valence-corrected chi connectivity index (χ0v) is 15.3. The first-order valence-corrected chi connectivity index (χ1v) is 8.81. The normalized spacial score (nSPS) is 14.2. The molecule has 134 valence electrons. The Labute approximate surface area is 157 Å². The van der Waals surface area contributed by atoms with Crippen LogP contribution >= 0.6 is 11.6 Å². The van der Waals surface area contributed by atoms with Gasteiger partial charge in [-0.3, -0.25) is 9.59 Å². The van der Waals surface area contributed by atoms with Crippen molar-refractivity contribution < 1.29 is 14.3 Å². The third-order valence-corrected chi connectivity index (χ3v) is 4.44. The molecule has 0 aliphatic carbocycles. The van der Waals surface area contributed by atoms with Crippen LogP contribution in [0, 0.1) is 0 Å². The highest BCUT2D eigenvalue weighted by Crippen LogP contribution is 2.35. The number of anilines is 2. The molecule has 1 aliphatic rings. The number of halogens is 1. The number of aryl methyl sites for hydroxylation is 1. The molecule has 0 radical (unpaired) electrons. The van der Waals surface area contributed by atoms with Crippen LogP contribution in [0.25, 0.3) is 0 Å². The van der Waals surface area contributed by atoms with Crippen LogP contribution in [0.5, 0.6) is 5.75 Å². The van der Waals surface area contributed by atoms with Crippen LogP contribution in [0.2, 0.25) is 0 Å². The van der Waals surface area contributed by atoms with E-state index < -0.39 is 11.8 Å². The van der Waals surface area contributed by atoms with Gasteiger partial charge in [0.25, 0.3) is 11.8 Å². The van der Waals surface area contributed by atoms with Gasteiger partial charge in [0.1, 0.15) is 16.5 Å². The highest BCUT2D eigenvalue weighted by molar-refractivity contribution is 6.53. The van der Waals surface area contributed by atoms with Crippen molar-refractivity contribution in [1.82, 2.24) is 0 Å². The molecule has 0 saturated heterocycles. The Hall–Kier alpha value is -2.79. The van der Waals surface area contributed by atoms with E-state index in [0.29, 0.717) is 18.0 Å². The minimum absolute atomic E-state index is 0.0730. The fourth-order valence-electron chi connectivity index (χ4n) is 2.83. The third-order valence-electron chi connectivity index (χ3n) is 4.09. The molecular formula is C20H19ClN2O3. The van der Waals surface area contributed by atoms with E-state index in [9.17, 15) is 9.59 Å². The van der Waals surface area contributed by atoms with Gasteiger partial charge in [0.15, 0.2) is 0 Å². The fourth-order valence-corrected chi connectivity index (χ4v) is 3.05. The SMILES string of the molecule is CCOc1ccccc1N1C(=O)C(Cl)=C(Nc2ccccc2CC)C1=O. The van der Waals surface area contributed by atoms with Crippen LogP contribution < -0.4 is 15.0 Å². The second-order valence-corrected chi connectivity index (χ2v) is 6.05. The molecular weight excluding hydrogens is 352 g/mol. The maximum Gasteiger partial charge on any atom is 0.283 e. The average Bonchev–Trinajstić information content (AvgIpc) is 2.86. The van der Waals surface area contributed by atoms with Gasteiger partial charge < -0.3 is 10.1 Å². The van der Waals surface area contributed by atoms with Crippen LogP contribution in [0.1, 0.15) is 19.4 Å². The Morgan fingerprint density at radius 3 is 2.42 bits per heavy atom. The Kier molecular flexibility index (Phi) is 5.28. The number of hydrogen-bond acceptors (Lipinski definition) is 4. The topological polar surface area (TPSA) is 58.6 Å². The second kappa shape index (κ2) is 7.62. The monoisotopic (exact) mass is 370 g/mol. The van der Waals surface area contributed by atoms with Crippen molar-refractivity contribution in [2.24, 2.45) is 0 Å². The van der Waals surface area contributed by atoms with Gasteiger partial charge >= 0.3 is 0 Å². The summed E-state index contributed by atoms with van der Waals surface area (Å²) in [6, 6.07) is 14.5. The number of carbonyl (C=O) groups is 2. The molecule has 5 nitrogen and oxygen atoms in total. The quantitative estimate of drug-likeness (QED) is 0.778. The van der Waals surface area contributed by atoms with Gasteiger partial charge in [0, 0.05) is 5.69 Å². The lowest BCUT2D eigenvalue weighted by atomic mass is 10.1. The summed E-state index contributed by atoms with van der Waals surface area (Å²) in [6.45, 7) is 4.27. The van der Waals surface area contributed by atoms with Crippen molar-refractivity contribution in [1.29, 1.82) is 0 Å². The number of nitrogens with one attached hydrogen (secondary N) is 1. The number of hydrogen-bond donors (Lipinski definition) is 1. The van der Waals surface area contributed by atoms with Gasteiger partial charge in [-0.15, -0.1) is 0 Å². The number of ether oxygens (including phenoxy) is 1. The fraction of sp³-hybridized carbons (Fsp3) is 0.200. The smallest absolute Gasteiger partial charge is 0.283 e. The summed E-state index contributed by atoms with van der Waals surface area (Å²) in [5.41, 5.74) is 2.23. The van der Waals surface area contributed by atoms with Crippen LogP contribution in [0.15, 0.2) is 59.3 Å². The lowest BCUT2D eigenvalue weighted by Gasteiger charge is -2.19. The first-order chi connectivity index (χ1) is 12.6. The number of benzene rings is 2. The summed E-state index contributed by atoms with van der Waals surface area (Å²) in [5.74, 6) is -0.616. The predicted molar refractivity (Wildman–Crippen MR) is 102 cm³/mol.